The third-order valence-corrected chi connectivity index (χ3v) is 2.87. The van der Waals surface area contributed by atoms with Crippen molar-refractivity contribution in [3.8, 4) is 0 Å². The molecule has 94 valence electrons. The molecule has 1 aliphatic rings. The Morgan fingerprint density at radius 3 is 2.50 bits per heavy atom. The van der Waals surface area contributed by atoms with Gasteiger partial charge in [0.05, 0.1) is 12.2 Å². The maximum absolute atomic E-state index is 12.0. The Bertz CT molecular complexity index is 223. The quantitative estimate of drug-likeness (QED) is 0.785. The molecule has 1 saturated heterocycles. The predicted octanol–water partition coefficient (Wildman–Crippen LogP) is 1.14. The zero-order valence-electron chi connectivity index (χ0n) is 10.6. The molecule has 1 amide bonds. The average Bonchev–Trinajstić information content (AvgIpc) is 2.16. The molecule has 1 unspecified atom stereocenters. The van der Waals surface area contributed by atoms with Crippen LogP contribution in [0.25, 0.3) is 0 Å². The van der Waals surface area contributed by atoms with Crippen LogP contribution < -0.4 is 5.73 Å². The number of ether oxygens (including phenoxy) is 1. The van der Waals surface area contributed by atoms with Crippen molar-refractivity contribution in [2.24, 2.45) is 5.73 Å². The minimum Gasteiger partial charge on any atom is -0.372 e. The van der Waals surface area contributed by atoms with Gasteiger partial charge in [-0.3, -0.25) is 4.79 Å². The van der Waals surface area contributed by atoms with Crippen LogP contribution in [-0.4, -0.2) is 42.1 Å². The Balaban J connectivity index is 2.40. The molecular formula is C12H24N2O2. The molecule has 4 nitrogen and oxygen atoms in total. The van der Waals surface area contributed by atoms with Crippen molar-refractivity contribution in [1.29, 1.82) is 0 Å². The third kappa shape index (κ3) is 4.10. The number of amides is 1. The van der Waals surface area contributed by atoms with Gasteiger partial charge < -0.3 is 15.4 Å². The van der Waals surface area contributed by atoms with Gasteiger partial charge in [0.15, 0.2) is 0 Å². The van der Waals surface area contributed by atoms with E-state index in [1.165, 1.54) is 0 Å². The summed E-state index contributed by atoms with van der Waals surface area (Å²) in [6.07, 6.45) is 2.68. The number of rotatable bonds is 4. The van der Waals surface area contributed by atoms with Gasteiger partial charge in [-0.05, 0) is 20.3 Å². The molecule has 2 N–H and O–H groups in total. The Morgan fingerprint density at radius 1 is 1.44 bits per heavy atom. The molecule has 4 heteroatoms. The van der Waals surface area contributed by atoms with Crippen molar-refractivity contribution in [3.05, 3.63) is 0 Å². The molecule has 0 aromatic heterocycles. The number of nitrogens with zero attached hydrogens (tertiary/aromatic N) is 1. The molecule has 0 aromatic rings. The van der Waals surface area contributed by atoms with E-state index < -0.39 is 0 Å². The van der Waals surface area contributed by atoms with Crippen molar-refractivity contribution >= 4 is 5.91 Å². The summed E-state index contributed by atoms with van der Waals surface area (Å²) in [4.78, 5) is 13.8. The smallest absolute Gasteiger partial charge is 0.224 e. The van der Waals surface area contributed by atoms with Gasteiger partial charge in [-0.1, -0.05) is 13.3 Å². The molecule has 0 radical (unpaired) electrons. The lowest BCUT2D eigenvalue weighted by molar-refractivity contribution is -0.143. The Hall–Kier alpha value is -0.610. The van der Waals surface area contributed by atoms with Gasteiger partial charge in [0.2, 0.25) is 5.91 Å². The van der Waals surface area contributed by atoms with Crippen LogP contribution in [0.2, 0.25) is 0 Å². The highest BCUT2D eigenvalue weighted by atomic mass is 16.5. The predicted molar refractivity (Wildman–Crippen MR) is 64.1 cm³/mol. The Morgan fingerprint density at radius 2 is 2.00 bits per heavy atom. The number of carbonyl (C=O) groups is 1. The largest absolute Gasteiger partial charge is 0.372 e. The zero-order valence-corrected chi connectivity index (χ0v) is 10.6. The van der Waals surface area contributed by atoms with Gasteiger partial charge in [-0.25, -0.2) is 0 Å². The molecule has 0 spiro atoms. The molecule has 3 atom stereocenters. The highest BCUT2D eigenvalue weighted by Gasteiger charge is 2.26. The van der Waals surface area contributed by atoms with Crippen LogP contribution in [-0.2, 0) is 9.53 Å². The summed E-state index contributed by atoms with van der Waals surface area (Å²) in [5.74, 6) is 0.169. The van der Waals surface area contributed by atoms with E-state index in [0.717, 1.165) is 12.8 Å². The Kier molecular flexibility index (Phi) is 5.22. The SMILES string of the molecule is CCCC(N)CC(=O)N1C[C@@H](C)O[C@@H](C)C1. The second-order valence-electron chi connectivity index (χ2n) is 4.81. The first kappa shape index (κ1) is 13.5. The fourth-order valence-electron chi connectivity index (χ4n) is 2.21. The lowest BCUT2D eigenvalue weighted by atomic mass is 10.1. The minimum atomic E-state index is 0.00552. The van der Waals surface area contributed by atoms with Gasteiger partial charge in [-0.15, -0.1) is 0 Å². The molecule has 1 fully saturated rings. The molecule has 1 aliphatic heterocycles. The summed E-state index contributed by atoms with van der Waals surface area (Å²) < 4.78 is 5.59. The van der Waals surface area contributed by atoms with Crippen LogP contribution in [0.3, 0.4) is 0 Å². The van der Waals surface area contributed by atoms with Crippen molar-refractivity contribution in [1.82, 2.24) is 4.90 Å². The number of nitrogens with two attached hydrogens (primary N) is 1. The highest BCUT2D eigenvalue weighted by Crippen LogP contribution is 2.12. The number of hydrogen-bond donors (Lipinski definition) is 1. The lowest BCUT2D eigenvalue weighted by Crippen LogP contribution is -2.49. The normalized spacial score (nSPS) is 27.9. The molecular weight excluding hydrogens is 204 g/mol. The standard InChI is InChI=1S/C12H24N2O2/c1-4-5-11(13)6-12(15)14-7-9(2)16-10(3)8-14/h9-11H,4-8,13H2,1-3H3/t9-,10+,11?. The van der Waals surface area contributed by atoms with Crippen LogP contribution >= 0.6 is 0 Å². The second-order valence-corrected chi connectivity index (χ2v) is 4.81. The highest BCUT2D eigenvalue weighted by molar-refractivity contribution is 5.77. The number of hydrogen-bond acceptors (Lipinski definition) is 3. The molecule has 0 aromatic carbocycles. The first-order valence-corrected chi connectivity index (χ1v) is 6.21. The van der Waals surface area contributed by atoms with E-state index in [-0.39, 0.29) is 24.2 Å². The number of carbonyl (C=O) groups excluding carboxylic acids is 1. The average molecular weight is 228 g/mol. The topological polar surface area (TPSA) is 55.6 Å². The lowest BCUT2D eigenvalue weighted by Gasteiger charge is -2.35. The van der Waals surface area contributed by atoms with E-state index in [1.54, 1.807) is 0 Å². The van der Waals surface area contributed by atoms with Gasteiger partial charge in [0, 0.05) is 25.6 Å². The van der Waals surface area contributed by atoms with E-state index >= 15 is 0 Å². The van der Waals surface area contributed by atoms with Gasteiger partial charge in [0.1, 0.15) is 0 Å². The summed E-state index contributed by atoms with van der Waals surface area (Å²) in [6.45, 7) is 7.48. The molecule has 0 aliphatic carbocycles. The van der Waals surface area contributed by atoms with Crippen molar-refractivity contribution in [2.45, 2.75) is 58.3 Å². The maximum atomic E-state index is 12.0. The van der Waals surface area contributed by atoms with E-state index in [9.17, 15) is 4.79 Å². The minimum absolute atomic E-state index is 0.00552. The summed E-state index contributed by atoms with van der Waals surface area (Å²) in [5, 5.41) is 0. The fourth-order valence-corrected chi connectivity index (χ4v) is 2.21. The van der Waals surface area contributed by atoms with Crippen molar-refractivity contribution < 1.29 is 9.53 Å². The first-order chi connectivity index (χ1) is 7.52. The number of morpholine rings is 1. The zero-order chi connectivity index (χ0) is 12.1. The maximum Gasteiger partial charge on any atom is 0.224 e. The Labute approximate surface area is 98.1 Å². The summed E-state index contributed by atoms with van der Waals surface area (Å²) in [7, 11) is 0. The van der Waals surface area contributed by atoms with Crippen LogP contribution in [0.15, 0.2) is 0 Å². The van der Waals surface area contributed by atoms with Gasteiger partial charge in [0.25, 0.3) is 0 Å². The van der Waals surface area contributed by atoms with Crippen molar-refractivity contribution in [3.63, 3.8) is 0 Å². The molecule has 16 heavy (non-hydrogen) atoms. The second kappa shape index (κ2) is 6.21. The van der Waals surface area contributed by atoms with Crippen molar-refractivity contribution in [2.75, 3.05) is 13.1 Å². The molecule has 1 rings (SSSR count). The van der Waals surface area contributed by atoms with Crippen LogP contribution in [0.5, 0.6) is 0 Å². The van der Waals surface area contributed by atoms with Crippen LogP contribution in [0.1, 0.15) is 40.0 Å². The van der Waals surface area contributed by atoms with Gasteiger partial charge in [-0.2, -0.15) is 0 Å². The van der Waals surface area contributed by atoms with E-state index in [0.29, 0.717) is 19.5 Å². The van der Waals surface area contributed by atoms with Crippen LogP contribution in [0, 0.1) is 0 Å². The first-order valence-electron chi connectivity index (χ1n) is 6.21. The van der Waals surface area contributed by atoms with Crippen LogP contribution in [0.4, 0.5) is 0 Å². The van der Waals surface area contributed by atoms with Gasteiger partial charge >= 0.3 is 0 Å². The summed E-state index contributed by atoms with van der Waals surface area (Å²) >= 11 is 0. The molecule has 1 heterocycles. The third-order valence-electron chi connectivity index (χ3n) is 2.87. The summed E-state index contributed by atoms with van der Waals surface area (Å²) in [6, 6.07) is 0.00552. The monoisotopic (exact) mass is 228 g/mol. The van der Waals surface area contributed by atoms with E-state index in [4.69, 9.17) is 10.5 Å². The fraction of sp³-hybridized carbons (Fsp3) is 0.917. The molecule has 0 saturated carbocycles. The summed E-state index contributed by atoms with van der Waals surface area (Å²) in [5.41, 5.74) is 5.88. The molecule has 0 bridgehead atoms. The van der Waals surface area contributed by atoms with E-state index in [1.807, 2.05) is 18.7 Å². The van der Waals surface area contributed by atoms with E-state index in [2.05, 4.69) is 6.92 Å².